The summed E-state index contributed by atoms with van der Waals surface area (Å²) in [6, 6.07) is 0. The lowest BCUT2D eigenvalue weighted by Crippen LogP contribution is -2.57. The Bertz CT molecular complexity index is 780. The van der Waals surface area contributed by atoms with Crippen LogP contribution < -0.4 is 0 Å². The Morgan fingerprint density at radius 1 is 0.862 bits per heavy atom. The van der Waals surface area contributed by atoms with Crippen molar-refractivity contribution in [1.82, 2.24) is 9.97 Å². The quantitative estimate of drug-likeness (QED) is 0.495. The molecular formula is C18H22N2O9. The van der Waals surface area contributed by atoms with Gasteiger partial charge in [0.2, 0.25) is 0 Å². The number of nitrogens with zero attached hydrogens (tertiary/aromatic N) is 2. The summed E-state index contributed by atoms with van der Waals surface area (Å²) in [5.41, 5.74) is 0.110. The summed E-state index contributed by atoms with van der Waals surface area (Å²) >= 11 is 0. The minimum atomic E-state index is -1.19. The van der Waals surface area contributed by atoms with Crippen molar-refractivity contribution in [3.05, 3.63) is 23.8 Å². The zero-order chi connectivity index (χ0) is 21.7. The first kappa shape index (κ1) is 22.2. The van der Waals surface area contributed by atoms with E-state index in [1.807, 2.05) is 0 Å². The second kappa shape index (κ2) is 9.41. The molecule has 5 atom stereocenters. The molecule has 0 amide bonds. The van der Waals surface area contributed by atoms with Gasteiger partial charge < -0.3 is 23.7 Å². The molecule has 1 aromatic rings. The number of methoxy groups -OCH3 is 1. The Morgan fingerprint density at radius 3 is 1.83 bits per heavy atom. The lowest BCUT2D eigenvalue weighted by Gasteiger charge is -2.43. The molecule has 2 rings (SSSR count). The molecule has 0 N–H and O–H groups in total. The first-order chi connectivity index (χ1) is 13.6. The number of aromatic nitrogens is 2. The normalized spacial score (nSPS) is 26.2. The van der Waals surface area contributed by atoms with Crippen LogP contribution in [0.1, 0.15) is 50.0 Å². The van der Waals surface area contributed by atoms with Gasteiger partial charge in [-0.05, 0) is 6.92 Å². The molecule has 158 valence electrons. The lowest BCUT2D eigenvalue weighted by molar-refractivity contribution is -0.246. The molecule has 1 aromatic heterocycles. The van der Waals surface area contributed by atoms with Crippen LogP contribution in [0.5, 0.6) is 0 Å². The fraction of sp³-hybridized carbons (Fsp3) is 0.556. The maximum Gasteiger partial charge on any atom is 0.341 e. The molecule has 1 saturated heterocycles. The number of carbonyl (C=O) groups excluding carboxylic acids is 4. The molecule has 0 aromatic carbocycles. The molecule has 2 heterocycles. The van der Waals surface area contributed by atoms with E-state index in [0.29, 0.717) is 0 Å². The van der Waals surface area contributed by atoms with E-state index >= 15 is 0 Å². The van der Waals surface area contributed by atoms with Crippen LogP contribution in [-0.4, -0.2) is 65.4 Å². The van der Waals surface area contributed by atoms with Crippen molar-refractivity contribution in [2.75, 3.05) is 7.11 Å². The van der Waals surface area contributed by atoms with Crippen molar-refractivity contribution in [2.24, 2.45) is 0 Å². The Morgan fingerprint density at radius 2 is 1.34 bits per heavy atom. The Kier molecular flexibility index (Phi) is 7.21. The molecule has 1 fully saturated rings. The van der Waals surface area contributed by atoms with E-state index in [0.717, 1.165) is 0 Å². The average molecular weight is 410 g/mol. The van der Waals surface area contributed by atoms with Crippen LogP contribution in [0.4, 0.5) is 0 Å². The number of esters is 4. The predicted molar refractivity (Wildman–Crippen MR) is 93.3 cm³/mol. The highest BCUT2D eigenvalue weighted by atomic mass is 16.6. The van der Waals surface area contributed by atoms with Gasteiger partial charge in [0, 0.05) is 33.2 Å². The number of rotatable bonds is 5. The smallest absolute Gasteiger partial charge is 0.341 e. The third-order valence-electron chi connectivity index (χ3n) is 4.02. The average Bonchev–Trinajstić information content (AvgIpc) is 2.65. The van der Waals surface area contributed by atoms with E-state index in [2.05, 4.69) is 14.7 Å². The molecule has 0 bridgehead atoms. The first-order valence-corrected chi connectivity index (χ1v) is 8.71. The maximum atomic E-state index is 11.7. The summed E-state index contributed by atoms with van der Waals surface area (Å²) in [4.78, 5) is 54.6. The zero-order valence-corrected chi connectivity index (χ0v) is 16.6. The number of carbonyl (C=O) groups is 4. The van der Waals surface area contributed by atoms with Crippen molar-refractivity contribution in [1.29, 1.82) is 0 Å². The van der Waals surface area contributed by atoms with Crippen LogP contribution in [0.3, 0.4) is 0 Å². The van der Waals surface area contributed by atoms with E-state index in [4.69, 9.17) is 18.9 Å². The highest BCUT2D eigenvalue weighted by molar-refractivity contribution is 5.88. The largest absolute Gasteiger partial charge is 0.465 e. The molecule has 11 heteroatoms. The van der Waals surface area contributed by atoms with Gasteiger partial charge in [0.15, 0.2) is 30.2 Å². The SMILES string of the molecule is COC(=O)c1cnc([C@@H]2O[C@H](C)[C@H](OC(C)=O)[C@H](OC(C)=O)[C@H]2OC(C)=O)nc1. The van der Waals surface area contributed by atoms with Gasteiger partial charge in [-0.2, -0.15) is 0 Å². The van der Waals surface area contributed by atoms with E-state index < -0.39 is 54.4 Å². The summed E-state index contributed by atoms with van der Waals surface area (Å²) in [5.74, 6) is -2.52. The van der Waals surface area contributed by atoms with Crippen molar-refractivity contribution in [2.45, 2.75) is 58.2 Å². The Hall–Kier alpha value is -3.08. The Labute approximate surface area is 166 Å². The minimum Gasteiger partial charge on any atom is -0.465 e. The van der Waals surface area contributed by atoms with Crippen molar-refractivity contribution in [3.63, 3.8) is 0 Å². The second-order valence-electron chi connectivity index (χ2n) is 6.31. The standard InChI is InChI=1S/C18H22N2O9/c1-8-13(27-9(2)21)14(28-10(3)22)15(29-11(4)23)16(26-8)17-19-6-12(7-20-17)18(24)25-5/h6-8,13-16H,1-5H3/t8-,13+,14+,15-,16-/m1/s1. The molecule has 0 unspecified atom stereocenters. The van der Waals surface area contributed by atoms with E-state index in [9.17, 15) is 19.2 Å². The zero-order valence-electron chi connectivity index (χ0n) is 16.6. The highest BCUT2D eigenvalue weighted by Crippen LogP contribution is 2.35. The van der Waals surface area contributed by atoms with Gasteiger partial charge in [0.05, 0.1) is 18.8 Å². The number of hydrogen-bond donors (Lipinski definition) is 0. The summed E-state index contributed by atoms with van der Waals surface area (Å²) in [7, 11) is 1.22. The summed E-state index contributed by atoms with van der Waals surface area (Å²) < 4.78 is 26.3. The number of hydrogen-bond acceptors (Lipinski definition) is 11. The van der Waals surface area contributed by atoms with Gasteiger partial charge in [-0.3, -0.25) is 14.4 Å². The highest BCUT2D eigenvalue weighted by Gasteiger charge is 2.51. The molecule has 0 saturated carbocycles. The third kappa shape index (κ3) is 5.47. The summed E-state index contributed by atoms with van der Waals surface area (Å²) in [6.07, 6.45) is -2.70. The second-order valence-corrected chi connectivity index (χ2v) is 6.31. The van der Waals surface area contributed by atoms with Crippen LogP contribution in [0.15, 0.2) is 12.4 Å². The monoisotopic (exact) mass is 410 g/mol. The fourth-order valence-corrected chi connectivity index (χ4v) is 2.93. The number of ether oxygens (including phenoxy) is 5. The van der Waals surface area contributed by atoms with Crippen molar-refractivity contribution >= 4 is 23.9 Å². The maximum absolute atomic E-state index is 11.7. The van der Waals surface area contributed by atoms with Gasteiger partial charge in [0.1, 0.15) is 0 Å². The van der Waals surface area contributed by atoms with Gasteiger partial charge in [-0.1, -0.05) is 0 Å². The van der Waals surface area contributed by atoms with Crippen LogP contribution >= 0.6 is 0 Å². The molecule has 0 aliphatic carbocycles. The first-order valence-electron chi connectivity index (χ1n) is 8.71. The molecule has 29 heavy (non-hydrogen) atoms. The lowest BCUT2D eigenvalue weighted by atomic mass is 9.94. The van der Waals surface area contributed by atoms with Crippen LogP contribution in [0.2, 0.25) is 0 Å². The van der Waals surface area contributed by atoms with Crippen molar-refractivity contribution in [3.8, 4) is 0 Å². The van der Waals surface area contributed by atoms with Crippen LogP contribution in [0, 0.1) is 0 Å². The third-order valence-corrected chi connectivity index (χ3v) is 4.02. The summed E-state index contributed by atoms with van der Waals surface area (Å²) in [6.45, 7) is 5.14. The topological polar surface area (TPSA) is 140 Å². The Balaban J connectivity index is 2.44. The van der Waals surface area contributed by atoms with E-state index in [1.165, 1.54) is 40.3 Å². The van der Waals surface area contributed by atoms with E-state index in [1.54, 1.807) is 6.92 Å². The minimum absolute atomic E-state index is 0.0779. The fourth-order valence-electron chi connectivity index (χ4n) is 2.93. The van der Waals surface area contributed by atoms with Gasteiger partial charge in [-0.25, -0.2) is 14.8 Å². The van der Waals surface area contributed by atoms with Gasteiger partial charge >= 0.3 is 23.9 Å². The van der Waals surface area contributed by atoms with Gasteiger partial charge in [0.25, 0.3) is 0 Å². The molecule has 1 aliphatic rings. The summed E-state index contributed by atoms with van der Waals surface area (Å²) in [5, 5.41) is 0. The molecular weight excluding hydrogens is 388 g/mol. The van der Waals surface area contributed by atoms with Crippen LogP contribution in [0.25, 0.3) is 0 Å². The molecule has 11 nitrogen and oxygen atoms in total. The molecule has 0 spiro atoms. The van der Waals surface area contributed by atoms with Crippen molar-refractivity contribution < 1.29 is 42.9 Å². The molecule has 1 aliphatic heterocycles. The van der Waals surface area contributed by atoms with E-state index in [-0.39, 0.29) is 11.4 Å². The molecule has 0 radical (unpaired) electrons. The van der Waals surface area contributed by atoms with Gasteiger partial charge in [-0.15, -0.1) is 0 Å². The van der Waals surface area contributed by atoms with Crippen LogP contribution in [-0.2, 0) is 38.1 Å². The predicted octanol–water partition coefficient (Wildman–Crippen LogP) is 0.518.